The second-order valence-electron chi connectivity index (χ2n) is 4.80. The zero-order valence-corrected chi connectivity index (χ0v) is 10.9. The Morgan fingerprint density at radius 3 is 2.53 bits per heavy atom. The molecular formula is C13H23NO3. The Labute approximate surface area is 103 Å². The van der Waals surface area contributed by atoms with Crippen LogP contribution in [0.2, 0.25) is 0 Å². The fraction of sp³-hybridized carbons (Fsp3) is 0.846. The summed E-state index contributed by atoms with van der Waals surface area (Å²) in [5, 5.41) is 9.36. The van der Waals surface area contributed by atoms with Gasteiger partial charge in [0.1, 0.15) is 5.54 Å². The molecule has 0 aromatic rings. The third kappa shape index (κ3) is 2.79. The lowest BCUT2D eigenvalue weighted by Crippen LogP contribution is -2.52. The van der Waals surface area contributed by atoms with Gasteiger partial charge in [-0.05, 0) is 25.7 Å². The maximum atomic E-state index is 12.1. The summed E-state index contributed by atoms with van der Waals surface area (Å²) in [5.74, 6) is -0.832. The number of likely N-dealkylation sites (tertiary alicyclic amines) is 1. The highest BCUT2D eigenvalue weighted by atomic mass is 16.4. The molecule has 1 aliphatic heterocycles. The number of hydrogen-bond acceptors (Lipinski definition) is 2. The summed E-state index contributed by atoms with van der Waals surface area (Å²) in [6.07, 6.45) is 5.37. The number of unbranched alkanes of at least 4 members (excludes halogenated alkanes) is 2. The highest BCUT2D eigenvalue weighted by molar-refractivity contribution is 5.87. The number of nitrogens with zero attached hydrogens (tertiary/aromatic N) is 1. The molecule has 0 aromatic carbocycles. The molecule has 0 aromatic heterocycles. The van der Waals surface area contributed by atoms with Gasteiger partial charge in [-0.2, -0.15) is 0 Å². The average Bonchev–Trinajstić information content (AvgIpc) is 2.74. The summed E-state index contributed by atoms with van der Waals surface area (Å²) in [6, 6.07) is 0. The van der Waals surface area contributed by atoms with E-state index in [-0.39, 0.29) is 5.91 Å². The zero-order chi connectivity index (χ0) is 12.9. The minimum atomic E-state index is -0.927. The van der Waals surface area contributed by atoms with E-state index >= 15 is 0 Å². The maximum Gasteiger partial charge on any atom is 0.329 e. The van der Waals surface area contributed by atoms with Crippen molar-refractivity contribution in [2.24, 2.45) is 0 Å². The van der Waals surface area contributed by atoms with E-state index in [1.54, 1.807) is 4.90 Å². The fourth-order valence-corrected chi connectivity index (χ4v) is 2.64. The molecule has 1 unspecified atom stereocenters. The van der Waals surface area contributed by atoms with E-state index < -0.39 is 11.5 Å². The normalized spacial score (nSPS) is 24.0. The number of carboxylic acid groups (broad SMARTS) is 1. The lowest BCUT2D eigenvalue weighted by atomic mass is 9.92. The summed E-state index contributed by atoms with van der Waals surface area (Å²) >= 11 is 0. The molecule has 1 aliphatic rings. The van der Waals surface area contributed by atoms with Gasteiger partial charge in [-0.3, -0.25) is 4.79 Å². The van der Waals surface area contributed by atoms with E-state index in [1.807, 2.05) is 6.92 Å². The van der Waals surface area contributed by atoms with Crippen LogP contribution >= 0.6 is 0 Å². The number of amides is 1. The van der Waals surface area contributed by atoms with Crippen molar-refractivity contribution < 1.29 is 14.7 Å². The van der Waals surface area contributed by atoms with Crippen LogP contribution in [0.1, 0.15) is 58.8 Å². The third-order valence-electron chi connectivity index (χ3n) is 3.77. The van der Waals surface area contributed by atoms with Crippen molar-refractivity contribution in [2.45, 2.75) is 64.3 Å². The molecular weight excluding hydrogens is 218 g/mol. The van der Waals surface area contributed by atoms with Crippen LogP contribution in [0.5, 0.6) is 0 Å². The molecule has 0 spiro atoms. The van der Waals surface area contributed by atoms with Gasteiger partial charge < -0.3 is 10.0 Å². The first-order valence-electron chi connectivity index (χ1n) is 6.62. The van der Waals surface area contributed by atoms with E-state index in [0.717, 1.165) is 25.7 Å². The first-order chi connectivity index (χ1) is 8.08. The minimum Gasteiger partial charge on any atom is -0.479 e. The topological polar surface area (TPSA) is 57.6 Å². The van der Waals surface area contributed by atoms with Crippen LogP contribution in [-0.4, -0.2) is 34.0 Å². The van der Waals surface area contributed by atoms with E-state index in [4.69, 9.17) is 0 Å². The number of rotatable bonds is 6. The van der Waals surface area contributed by atoms with Crippen molar-refractivity contribution in [3.05, 3.63) is 0 Å². The maximum absolute atomic E-state index is 12.1. The second kappa shape index (κ2) is 6.03. The van der Waals surface area contributed by atoms with E-state index in [0.29, 0.717) is 25.8 Å². The molecule has 4 heteroatoms. The molecule has 4 nitrogen and oxygen atoms in total. The highest BCUT2D eigenvalue weighted by Crippen LogP contribution is 2.33. The van der Waals surface area contributed by atoms with Crippen molar-refractivity contribution in [3.8, 4) is 0 Å². The molecule has 0 radical (unpaired) electrons. The van der Waals surface area contributed by atoms with Crippen LogP contribution in [0.25, 0.3) is 0 Å². The summed E-state index contributed by atoms with van der Waals surface area (Å²) in [4.78, 5) is 25.1. The number of carbonyl (C=O) groups excluding carboxylic acids is 1. The Kier molecular flexibility index (Phi) is 4.97. The van der Waals surface area contributed by atoms with E-state index in [2.05, 4.69) is 6.92 Å². The molecule has 17 heavy (non-hydrogen) atoms. The molecule has 98 valence electrons. The summed E-state index contributed by atoms with van der Waals surface area (Å²) in [6.45, 7) is 4.55. The summed E-state index contributed by atoms with van der Waals surface area (Å²) in [7, 11) is 0. The predicted octanol–water partition coefficient (Wildman–Crippen LogP) is 2.42. The van der Waals surface area contributed by atoms with Gasteiger partial charge in [0.25, 0.3) is 0 Å². The van der Waals surface area contributed by atoms with Crippen molar-refractivity contribution in [1.29, 1.82) is 0 Å². The largest absolute Gasteiger partial charge is 0.479 e. The summed E-state index contributed by atoms with van der Waals surface area (Å²) < 4.78 is 0. The lowest BCUT2D eigenvalue weighted by Gasteiger charge is -2.34. The van der Waals surface area contributed by atoms with Crippen LogP contribution in [0.3, 0.4) is 0 Å². The molecule has 0 bridgehead atoms. The SMILES string of the molecule is CCCCCC(=O)N1CCCC1(CC)C(=O)O. The highest BCUT2D eigenvalue weighted by Gasteiger charge is 2.48. The molecule has 1 saturated heterocycles. The average molecular weight is 241 g/mol. The van der Waals surface area contributed by atoms with Gasteiger partial charge in [-0.25, -0.2) is 4.79 Å². The van der Waals surface area contributed by atoms with Gasteiger partial charge >= 0.3 is 5.97 Å². The van der Waals surface area contributed by atoms with E-state index in [9.17, 15) is 14.7 Å². The fourth-order valence-electron chi connectivity index (χ4n) is 2.64. The summed E-state index contributed by atoms with van der Waals surface area (Å²) in [5.41, 5.74) is -0.927. The number of hydrogen-bond donors (Lipinski definition) is 1. The molecule has 1 amide bonds. The Morgan fingerprint density at radius 2 is 2.00 bits per heavy atom. The van der Waals surface area contributed by atoms with Crippen molar-refractivity contribution >= 4 is 11.9 Å². The number of carbonyl (C=O) groups is 2. The van der Waals surface area contributed by atoms with Gasteiger partial charge in [-0.15, -0.1) is 0 Å². The van der Waals surface area contributed by atoms with Gasteiger partial charge in [0.2, 0.25) is 5.91 Å². The Bertz CT molecular complexity index is 290. The van der Waals surface area contributed by atoms with Crippen molar-refractivity contribution in [3.63, 3.8) is 0 Å². The third-order valence-corrected chi connectivity index (χ3v) is 3.77. The minimum absolute atomic E-state index is 0.0141. The van der Waals surface area contributed by atoms with Crippen LogP contribution in [0.4, 0.5) is 0 Å². The molecule has 1 heterocycles. The van der Waals surface area contributed by atoms with Gasteiger partial charge in [0.15, 0.2) is 0 Å². The quantitative estimate of drug-likeness (QED) is 0.726. The Morgan fingerprint density at radius 1 is 1.29 bits per heavy atom. The first-order valence-corrected chi connectivity index (χ1v) is 6.62. The van der Waals surface area contributed by atoms with Gasteiger partial charge in [0.05, 0.1) is 0 Å². The van der Waals surface area contributed by atoms with Crippen LogP contribution < -0.4 is 0 Å². The zero-order valence-electron chi connectivity index (χ0n) is 10.9. The molecule has 0 saturated carbocycles. The van der Waals surface area contributed by atoms with Crippen LogP contribution in [0.15, 0.2) is 0 Å². The van der Waals surface area contributed by atoms with Gasteiger partial charge in [-0.1, -0.05) is 26.7 Å². The smallest absolute Gasteiger partial charge is 0.329 e. The molecule has 0 aliphatic carbocycles. The standard InChI is InChI=1S/C13H23NO3/c1-3-5-6-8-11(15)14-10-7-9-13(14,4-2)12(16)17/h3-10H2,1-2H3,(H,16,17). The Balaban J connectivity index is 2.67. The lowest BCUT2D eigenvalue weighted by molar-refractivity contribution is -0.156. The van der Waals surface area contributed by atoms with Crippen molar-refractivity contribution in [2.75, 3.05) is 6.54 Å². The number of carboxylic acids is 1. The monoisotopic (exact) mass is 241 g/mol. The molecule has 1 N–H and O–H groups in total. The Hall–Kier alpha value is -1.06. The predicted molar refractivity (Wildman–Crippen MR) is 65.7 cm³/mol. The number of aliphatic carboxylic acids is 1. The van der Waals surface area contributed by atoms with Crippen molar-refractivity contribution in [1.82, 2.24) is 4.90 Å². The van der Waals surface area contributed by atoms with E-state index in [1.165, 1.54) is 0 Å². The molecule has 1 fully saturated rings. The molecule has 1 atom stereocenters. The van der Waals surface area contributed by atoms with Crippen LogP contribution in [0, 0.1) is 0 Å². The van der Waals surface area contributed by atoms with Gasteiger partial charge in [0, 0.05) is 13.0 Å². The second-order valence-corrected chi connectivity index (χ2v) is 4.80. The van der Waals surface area contributed by atoms with Crippen LogP contribution in [-0.2, 0) is 9.59 Å². The first kappa shape index (κ1) is 14.0. The molecule has 1 rings (SSSR count).